The van der Waals surface area contributed by atoms with Crippen LogP contribution in [0.1, 0.15) is 65.7 Å². The van der Waals surface area contributed by atoms with Gasteiger partial charge in [0.05, 0.1) is 46.3 Å². The summed E-state index contributed by atoms with van der Waals surface area (Å²) >= 11 is 6.02. The van der Waals surface area contributed by atoms with Crippen LogP contribution < -0.4 is 25.6 Å². The number of hydrogen-bond acceptors (Lipinski definition) is 13. The summed E-state index contributed by atoms with van der Waals surface area (Å²) in [5.74, 6) is -2.58. The van der Waals surface area contributed by atoms with Crippen LogP contribution in [0.4, 0.5) is 31.7 Å². The molecule has 6 aliphatic heterocycles. The second-order valence-corrected chi connectivity index (χ2v) is 18.3. The van der Waals surface area contributed by atoms with Crippen LogP contribution in [0.2, 0.25) is 5.02 Å². The lowest BCUT2D eigenvalue weighted by molar-refractivity contribution is -0.136. The Hall–Kier alpha value is -6.08. The first kappa shape index (κ1) is 43.8. The van der Waals surface area contributed by atoms with Gasteiger partial charge in [0.1, 0.15) is 41.7 Å². The van der Waals surface area contributed by atoms with E-state index in [1.165, 1.54) is 30.6 Å². The Labute approximate surface area is 383 Å². The molecule has 7 heterocycles. The number of ether oxygens (including phenoxy) is 2. The summed E-state index contributed by atoms with van der Waals surface area (Å²) in [6.45, 7) is 5.83. The molecular formula is C47H48ClF2N9O7. The number of carbonyl (C=O) groups is 5. The second-order valence-electron chi connectivity index (χ2n) is 17.9. The van der Waals surface area contributed by atoms with Crippen molar-refractivity contribution in [2.45, 2.75) is 69.2 Å². The Balaban J connectivity index is 0.731. The van der Waals surface area contributed by atoms with E-state index < -0.39 is 41.3 Å². The number of aromatic nitrogens is 2. The quantitative estimate of drug-likeness (QED) is 0.121. The van der Waals surface area contributed by atoms with Crippen molar-refractivity contribution in [3.63, 3.8) is 0 Å². The number of amides is 5. The number of likely N-dealkylation sites (tertiary alicyclic amines) is 2. The van der Waals surface area contributed by atoms with Crippen LogP contribution in [0.15, 0.2) is 60.9 Å². The molecule has 3 N–H and O–H groups in total. The first-order valence-corrected chi connectivity index (χ1v) is 22.8. The summed E-state index contributed by atoms with van der Waals surface area (Å²) in [5, 5.41) is 8.93. The zero-order chi connectivity index (χ0) is 45.6. The molecule has 0 aliphatic carbocycles. The molecule has 0 spiro atoms. The fourth-order valence-corrected chi connectivity index (χ4v) is 10.5. The summed E-state index contributed by atoms with van der Waals surface area (Å²) in [4.78, 5) is 81.0. The summed E-state index contributed by atoms with van der Waals surface area (Å²) in [6.07, 6.45) is 9.15. The molecule has 4 atom stereocenters. The van der Waals surface area contributed by atoms with Gasteiger partial charge in [0.2, 0.25) is 17.7 Å². The topological polar surface area (TPSA) is 179 Å². The normalized spacial score (nSPS) is 23.9. The van der Waals surface area contributed by atoms with Crippen molar-refractivity contribution in [2.24, 2.45) is 5.92 Å². The standard InChI is InChI=1S/C47H48ClF2N9O7/c48-34-16-27(3-6-35(34)49)53-44-33-18-38(41(20-37(33)51-25-52-44)66-30-11-15-65-24-30)54-42(60)2-1-12-56-13-9-26(10-14-56)21-57-22-28-4-5-29(23-57)58(28)40-19-32-31(17-36(40)50)46(63)59(47(32)64)39-7-8-43(61)55-45(39)62/h1-3,6,16-20,25-26,28-30,39H,4-5,7-15,21-24H2,(H,54,60)(H,51,52,53)(H,55,61,62)/b2-1+/t28?,29?,30-,39?/m0/s1. The molecular weight excluding hydrogens is 876 g/mol. The molecule has 5 saturated heterocycles. The first-order chi connectivity index (χ1) is 31.9. The summed E-state index contributed by atoms with van der Waals surface area (Å²) in [5.41, 5.74) is 1.87. The minimum Gasteiger partial charge on any atom is -0.486 e. The molecule has 3 unspecified atom stereocenters. The molecule has 3 aromatic carbocycles. The van der Waals surface area contributed by atoms with Crippen molar-refractivity contribution < 1.29 is 42.2 Å². The molecule has 19 heteroatoms. The molecule has 344 valence electrons. The van der Waals surface area contributed by atoms with Crippen molar-refractivity contribution in [1.82, 2.24) is 30.0 Å². The van der Waals surface area contributed by atoms with E-state index in [0.717, 1.165) is 69.4 Å². The summed E-state index contributed by atoms with van der Waals surface area (Å²) < 4.78 is 41.5. The van der Waals surface area contributed by atoms with Gasteiger partial charge in [-0.2, -0.15) is 0 Å². The number of piperazine rings is 1. The number of nitrogens with one attached hydrogen (secondary N) is 3. The number of benzene rings is 3. The van der Waals surface area contributed by atoms with Crippen LogP contribution in [-0.4, -0.2) is 131 Å². The zero-order valence-electron chi connectivity index (χ0n) is 35.9. The SMILES string of the molecule is O=C(/C=C/CN1CCC(CN2CC3CCC(C2)N3c2cc3c(cc2F)C(=O)N(C2CCC(=O)NC2=O)C3=O)CC1)Nc1cc2c(Nc3ccc(F)c(Cl)c3)ncnc2cc1O[C@H]1CCOC1. The lowest BCUT2D eigenvalue weighted by Gasteiger charge is -2.44. The first-order valence-electron chi connectivity index (χ1n) is 22.5. The van der Waals surface area contributed by atoms with Crippen molar-refractivity contribution in [3.8, 4) is 5.75 Å². The molecule has 5 amide bonds. The van der Waals surface area contributed by atoms with Gasteiger partial charge >= 0.3 is 0 Å². The highest BCUT2D eigenvalue weighted by Gasteiger charge is 2.47. The Bertz CT molecular complexity index is 2640. The number of hydrogen-bond donors (Lipinski definition) is 3. The Morgan fingerprint density at radius 3 is 2.41 bits per heavy atom. The summed E-state index contributed by atoms with van der Waals surface area (Å²) in [7, 11) is 0. The van der Waals surface area contributed by atoms with Gasteiger partial charge in [-0.25, -0.2) is 18.7 Å². The Kier molecular flexibility index (Phi) is 12.1. The molecule has 1 aromatic heterocycles. The fraction of sp³-hybridized carbons (Fsp3) is 0.426. The fourth-order valence-electron chi connectivity index (χ4n) is 10.3. The highest BCUT2D eigenvalue weighted by atomic mass is 35.5. The smallest absolute Gasteiger partial charge is 0.262 e. The van der Waals surface area contributed by atoms with Crippen LogP contribution in [0, 0.1) is 17.6 Å². The molecule has 5 fully saturated rings. The predicted molar refractivity (Wildman–Crippen MR) is 240 cm³/mol. The zero-order valence-corrected chi connectivity index (χ0v) is 36.7. The molecule has 0 radical (unpaired) electrons. The maximum Gasteiger partial charge on any atom is 0.262 e. The van der Waals surface area contributed by atoms with Gasteiger partial charge in [-0.05, 0) is 87.5 Å². The van der Waals surface area contributed by atoms with E-state index in [1.54, 1.807) is 18.2 Å². The van der Waals surface area contributed by atoms with E-state index in [0.29, 0.717) is 71.6 Å². The van der Waals surface area contributed by atoms with E-state index in [-0.39, 0.29) is 53.1 Å². The average molecular weight is 924 g/mol. The number of nitrogens with zero attached hydrogens (tertiary/aromatic N) is 6. The third-order valence-electron chi connectivity index (χ3n) is 13.6. The monoisotopic (exact) mass is 923 g/mol. The highest BCUT2D eigenvalue weighted by molar-refractivity contribution is 6.31. The van der Waals surface area contributed by atoms with Crippen molar-refractivity contribution >= 4 is 74.9 Å². The number of piperidine rings is 2. The average Bonchev–Trinajstić information content (AvgIpc) is 3.97. The number of rotatable bonds is 12. The van der Waals surface area contributed by atoms with Gasteiger partial charge in [-0.1, -0.05) is 17.7 Å². The molecule has 2 bridgehead atoms. The van der Waals surface area contributed by atoms with Crippen molar-refractivity contribution in [1.29, 1.82) is 0 Å². The molecule has 10 rings (SSSR count). The van der Waals surface area contributed by atoms with E-state index in [1.807, 2.05) is 6.08 Å². The van der Waals surface area contributed by atoms with Gasteiger partial charge in [0.15, 0.2) is 0 Å². The van der Waals surface area contributed by atoms with Crippen LogP contribution in [-0.2, 0) is 19.1 Å². The summed E-state index contributed by atoms with van der Waals surface area (Å²) in [6, 6.07) is 9.39. The number of halogens is 3. The molecule has 66 heavy (non-hydrogen) atoms. The van der Waals surface area contributed by atoms with Gasteiger partial charge in [0.25, 0.3) is 11.8 Å². The molecule has 16 nitrogen and oxygen atoms in total. The number of fused-ring (bicyclic) bond motifs is 4. The minimum atomic E-state index is -1.11. The maximum atomic E-state index is 15.8. The van der Waals surface area contributed by atoms with E-state index >= 15 is 4.39 Å². The second kappa shape index (κ2) is 18.3. The lowest BCUT2D eigenvalue weighted by Crippen LogP contribution is -2.55. The van der Waals surface area contributed by atoms with Gasteiger partial charge in [0, 0.05) is 74.3 Å². The largest absolute Gasteiger partial charge is 0.486 e. The van der Waals surface area contributed by atoms with E-state index in [2.05, 4.69) is 40.6 Å². The Morgan fingerprint density at radius 2 is 1.68 bits per heavy atom. The molecule has 4 aromatic rings. The molecule has 6 aliphatic rings. The van der Waals surface area contributed by atoms with Crippen LogP contribution in [0.3, 0.4) is 0 Å². The highest BCUT2D eigenvalue weighted by Crippen LogP contribution is 2.40. The van der Waals surface area contributed by atoms with E-state index in [9.17, 15) is 28.4 Å². The Morgan fingerprint density at radius 1 is 0.909 bits per heavy atom. The number of imide groups is 2. The van der Waals surface area contributed by atoms with Crippen molar-refractivity contribution in [3.05, 3.63) is 88.7 Å². The molecule has 0 saturated carbocycles. The van der Waals surface area contributed by atoms with Crippen LogP contribution in [0.5, 0.6) is 5.75 Å². The third-order valence-corrected chi connectivity index (χ3v) is 13.8. The van der Waals surface area contributed by atoms with Crippen LogP contribution in [0.25, 0.3) is 10.9 Å². The lowest BCUT2D eigenvalue weighted by atomic mass is 9.95. The van der Waals surface area contributed by atoms with Gasteiger partial charge in [-0.3, -0.25) is 44.0 Å². The predicted octanol–water partition coefficient (Wildman–Crippen LogP) is 5.43. The van der Waals surface area contributed by atoms with E-state index in [4.69, 9.17) is 21.1 Å². The van der Waals surface area contributed by atoms with Crippen molar-refractivity contribution in [2.75, 3.05) is 68.0 Å². The van der Waals surface area contributed by atoms with Crippen LogP contribution >= 0.6 is 11.6 Å². The minimum absolute atomic E-state index is 0.00928. The van der Waals surface area contributed by atoms with Gasteiger partial charge in [-0.15, -0.1) is 0 Å². The number of carbonyl (C=O) groups excluding carboxylic acids is 5. The maximum absolute atomic E-state index is 15.8. The third kappa shape index (κ3) is 8.81. The van der Waals surface area contributed by atoms with Gasteiger partial charge < -0.3 is 25.0 Å². The number of anilines is 4.